The number of benzene rings is 2. The summed E-state index contributed by atoms with van der Waals surface area (Å²) in [6.07, 6.45) is 1.21. The van der Waals surface area contributed by atoms with Crippen molar-refractivity contribution in [2.24, 2.45) is 0 Å². The number of hydrogen-bond donors (Lipinski definition) is 1. The Kier molecular flexibility index (Phi) is 5.86. The normalized spacial score (nSPS) is 11.0. The van der Waals surface area contributed by atoms with Crippen LogP contribution in [0.15, 0.2) is 65.7 Å². The van der Waals surface area contributed by atoms with Crippen molar-refractivity contribution >= 4 is 38.2 Å². The maximum Gasteiger partial charge on any atom is 0.380 e. The highest BCUT2D eigenvalue weighted by atomic mass is 32.2. The fourth-order valence-corrected chi connectivity index (χ4v) is 4.19. The summed E-state index contributed by atoms with van der Waals surface area (Å²) in [7, 11) is -3.86. The average molecular weight is 416 g/mol. The van der Waals surface area contributed by atoms with Crippen LogP contribution in [0.5, 0.6) is 5.06 Å². The molecule has 0 atom stereocenters. The highest BCUT2D eigenvalue weighted by Crippen LogP contribution is 2.28. The van der Waals surface area contributed by atoms with Gasteiger partial charge < -0.3 is 4.74 Å². The Morgan fingerprint density at radius 1 is 1.04 bits per heavy atom. The number of ketones is 1. The second kappa shape index (κ2) is 8.32. The Morgan fingerprint density at radius 2 is 1.68 bits per heavy atom. The van der Waals surface area contributed by atoms with Crippen molar-refractivity contribution in [2.75, 3.05) is 4.72 Å². The van der Waals surface area contributed by atoms with E-state index >= 15 is 0 Å². The van der Waals surface area contributed by atoms with Gasteiger partial charge in [-0.3, -0.25) is 9.52 Å². The van der Waals surface area contributed by atoms with Crippen molar-refractivity contribution in [3.63, 3.8) is 0 Å². The first-order valence-corrected chi connectivity index (χ1v) is 10.6. The van der Waals surface area contributed by atoms with Crippen molar-refractivity contribution in [3.8, 4) is 16.2 Å². The summed E-state index contributed by atoms with van der Waals surface area (Å²) in [5, 5.41) is 0.0582. The second-order valence-corrected chi connectivity index (χ2v) is 8.32. The number of anilines is 1. The van der Waals surface area contributed by atoms with Crippen LogP contribution in [-0.2, 0) is 19.6 Å². The molecule has 0 aliphatic heterocycles. The summed E-state index contributed by atoms with van der Waals surface area (Å²) in [6.45, 7) is 1.54. The van der Waals surface area contributed by atoms with E-state index < -0.39 is 21.8 Å². The van der Waals surface area contributed by atoms with Crippen molar-refractivity contribution in [3.05, 3.63) is 60.8 Å². The molecule has 144 valence electrons. The Hall–Kier alpha value is -3.04. The van der Waals surface area contributed by atoms with Crippen LogP contribution < -0.4 is 9.46 Å². The lowest BCUT2D eigenvalue weighted by Crippen LogP contribution is -2.18. The molecular formula is C19H16N2O5S2. The quantitative estimate of drug-likeness (QED) is 0.467. The molecule has 0 unspecified atom stereocenters. The number of carbonyl (C=O) groups excluding carboxylic acids is 2. The maximum atomic E-state index is 12.5. The Balaban J connectivity index is 1.72. The van der Waals surface area contributed by atoms with E-state index in [1.165, 1.54) is 18.3 Å². The standard InChI is InChI=1S/C19H16N2O5S2/c1-2-16(22)18(23)26-17-12-20-19(27-17)21-28(24,25)15-10-8-14(9-11-15)13-6-4-3-5-7-13/h3-12H,2H2,1H3,(H,20,21). The number of sulfonamides is 1. The van der Waals surface area contributed by atoms with Gasteiger partial charge in [0.2, 0.25) is 10.8 Å². The number of esters is 1. The number of rotatable bonds is 7. The first kappa shape index (κ1) is 19.7. The van der Waals surface area contributed by atoms with Gasteiger partial charge in [-0.2, -0.15) is 0 Å². The molecule has 0 saturated carbocycles. The Morgan fingerprint density at radius 3 is 2.32 bits per heavy atom. The van der Waals surface area contributed by atoms with E-state index in [4.69, 9.17) is 4.74 Å². The van der Waals surface area contributed by atoms with Gasteiger partial charge in [0.1, 0.15) is 0 Å². The van der Waals surface area contributed by atoms with Gasteiger partial charge >= 0.3 is 5.97 Å². The lowest BCUT2D eigenvalue weighted by Gasteiger charge is -2.06. The molecular weight excluding hydrogens is 400 g/mol. The third-order valence-electron chi connectivity index (χ3n) is 3.72. The van der Waals surface area contributed by atoms with Gasteiger partial charge in [-0.1, -0.05) is 60.7 Å². The zero-order valence-corrected chi connectivity index (χ0v) is 16.4. The third kappa shape index (κ3) is 4.62. The monoisotopic (exact) mass is 416 g/mol. The number of nitrogens with zero attached hydrogens (tertiary/aromatic N) is 1. The summed E-state index contributed by atoms with van der Waals surface area (Å²) >= 11 is 0.814. The zero-order chi connectivity index (χ0) is 20.1. The second-order valence-electron chi connectivity index (χ2n) is 5.65. The van der Waals surface area contributed by atoms with Gasteiger partial charge in [0.25, 0.3) is 10.0 Å². The maximum absolute atomic E-state index is 12.5. The SMILES string of the molecule is CCC(=O)C(=O)Oc1cnc(NS(=O)(=O)c2ccc(-c3ccccc3)cc2)s1. The van der Waals surface area contributed by atoms with Crippen LogP contribution in [0.25, 0.3) is 11.1 Å². The van der Waals surface area contributed by atoms with Gasteiger partial charge in [0.05, 0.1) is 11.1 Å². The summed E-state index contributed by atoms with van der Waals surface area (Å²) < 4.78 is 32.3. The van der Waals surface area contributed by atoms with Crippen LogP contribution in [0.4, 0.5) is 5.13 Å². The smallest absolute Gasteiger partial charge is 0.380 e. The molecule has 3 rings (SSSR count). The number of aromatic nitrogens is 1. The highest BCUT2D eigenvalue weighted by Gasteiger charge is 2.19. The number of ether oxygens (including phenoxy) is 1. The highest BCUT2D eigenvalue weighted by molar-refractivity contribution is 7.93. The van der Waals surface area contributed by atoms with E-state index in [2.05, 4.69) is 9.71 Å². The van der Waals surface area contributed by atoms with Gasteiger partial charge in [0, 0.05) is 6.42 Å². The predicted molar refractivity (Wildman–Crippen MR) is 106 cm³/mol. The molecule has 1 aromatic heterocycles. The summed E-state index contributed by atoms with van der Waals surface area (Å²) in [5.41, 5.74) is 1.87. The van der Waals surface area contributed by atoms with E-state index in [1.54, 1.807) is 19.1 Å². The summed E-state index contributed by atoms with van der Waals surface area (Å²) in [5.74, 6) is -1.67. The predicted octanol–water partition coefficient (Wildman–Crippen LogP) is 3.50. The van der Waals surface area contributed by atoms with Crippen LogP contribution in [0, 0.1) is 0 Å². The zero-order valence-electron chi connectivity index (χ0n) is 14.8. The number of hydrogen-bond acceptors (Lipinski definition) is 7. The molecule has 0 amide bonds. The number of carbonyl (C=O) groups is 2. The van der Waals surface area contributed by atoms with E-state index in [0.29, 0.717) is 0 Å². The average Bonchev–Trinajstić information content (AvgIpc) is 3.14. The van der Waals surface area contributed by atoms with E-state index in [9.17, 15) is 18.0 Å². The lowest BCUT2D eigenvalue weighted by atomic mass is 10.1. The molecule has 0 radical (unpaired) electrons. The van der Waals surface area contributed by atoms with Crippen LogP contribution >= 0.6 is 11.3 Å². The molecule has 0 spiro atoms. The molecule has 0 aliphatic rings. The van der Waals surface area contributed by atoms with Crippen molar-refractivity contribution in [1.82, 2.24) is 4.98 Å². The van der Waals surface area contributed by atoms with E-state index in [0.717, 1.165) is 22.5 Å². The molecule has 1 N–H and O–H groups in total. The fourth-order valence-electron chi connectivity index (χ4n) is 2.28. The van der Waals surface area contributed by atoms with Crippen molar-refractivity contribution in [2.45, 2.75) is 18.2 Å². The first-order valence-electron chi connectivity index (χ1n) is 8.28. The summed E-state index contributed by atoms with van der Waals surface area (Å²) in [4.78, 5) is 26.7. The largest absolute Gasteiger partial charge is 0.408 e. The van der Waals surface area contributed by atoms with Gasteiger partial charge in [-0.25, -0.2) is 18.2 Å². The number of thiazole rings is 1. The van der Waals surface area contributed by atoms with Crippen LogP contribution in [0.3, 0.4) is 0 Å². The minimum atomic E-state index is -3.86. The molecule has 0 bridgehead atoms. The fraction of sp³-hybridized carbons (Fsp3) is 0.105. The van der Waals surface area contributed by atoms with Crippen molar-refractivity contribution < 1.29 is 22.7 Å². The van der Waals surface area contributed by atoms with Crippen LogP contribution in [0.1, 0.15) is 13.3 Å². The Labute approximate surface area is 166 Å². The number of nitrogens with one attached hydrogen (secondary N) is 1. The minimum Gasteiger partial charge on any atom is -0.408 e. The summed E-state index contributed by atoms with van der Waals surface area (Å²) in [6, 6.07) is 16.0. The van der Waals surface area contributed by atoms with Crippen molar-refractivity contribution in [1.29, 1.82) is 0 Å². The minimum absolute atomic E-state index is 0.0239. The van der Waals surface area contributed by atoms with Gasteiger partial charge in [-0.05, 0) is 23.3 Å². The van der Waals surface area contributed by atoms with Gasteiger partial charge in [0.15, 0.2) is 5.13 Å². The van der Waals surface area contributed by atoms with Crippen LogP contribution in [-0.4, -0.2) is 25.2 Å². The molecule has 1 heterocycles. The molecule has 2 aromatic carbocycles. The third-order valence-corrected chi connectivity index (χ3v) is 5.99. The van der Waals surface area contributed by atoms with Gasteiger partial charge in [-0.15, -0.1) is 0 Å². The molecule has 9 heteroatoms. The molecule has 0 aliphatic carbocycles. The number of Topliss-reactive ketones (excluding diaryl/α,β-unsaturated/α-hetero) is 1. The first-order chi connectivity index (χ1) is 13.4. The van der Waals surface area contributed by atoms with Crippen LogP contribution in [0.2, 0.25) is 0 Å². The molecule has 0 fully saturated rings. The van der Waals surface area contributed by atoms with E-state index in [1.807, 2.05) is 30.3 Å². The molecule has 28 heavy (non-hydrogen) atoms. The van der Waals surface area contributed by atoms with E-state index in [-0.39, 0.29) is 21.5 Å². The Bertz CT molecular complexity index is 1090. The topological polar surface area (TPSA) is 102 Å². The molecule has 0 saturated heterocycles. The molecule has 3 aromatic rings. The lowest BCUT2D eigenvalue weighted by molar-refractivity contribution is -0.146. The molecule has 7 nitrogen and oxygen atoms in total.